The first kappa shape index (κ1) is 15.4. The van der Waals surface area contributed by atoms with Crippen molar-refractivity contribution in [3.8, 4) is 0 Å². The Morgan fingerprint density at radius 2 is 1.95 bits per heavy atom. The van der Waals surface area contributed by atoms with Crippen molar-refractivity contribution in [3.05, 3.63) is 29.1 Å². The number of rotatable bonds is 4. The summed E-state index contributed by atoms with van der Waals surface area (Å²) in [6.45, 7) is 6.57. The van der Waals surface area contributed by atoms with Crippen molar-refractivity contribution in [2.75, 3.05) is 0 Å². The van der Waals surface area contributed by atoms with Crippen LogP contribution in [-0.4, -0.2) is 16.5 Å². The quantitative estimate of drug-likeness (QED) is 0.833. The molecule has 1 aromatic heterocycles. The Balaban J connectivity index is 1.63. The molecule has 1 aromatic rings. The summed E-state index contributed by atoms with van der Waals surface area (Å²) in [6, 6.07) is 3.24. The molecule has 0 aliphatic heterocycles. The molecule has 0 aromatic carbocycles. The molecule has 0 spiro atoms. The minimum atomic E-state index is 0.0509. The van der Waals surface area contributed by atoms with E-state index in [1.54, 1.807) is 6.08 Å². The van der Waals surface area contributed by atoms with E-state index in [0.717, 1.165) is 6.42 Å². The number of nitrogens with zero attached hydrogens (tertiary/aromatic N) is 1. The zero-order valence-electron chi connectivity index (χ0n) is 14.1. The fourth-order valence-corrected chi connectivity index (χ4v) is 3.79. The third-order valence-corrected chi connectivity index (χ3v) is 5.29. The second kappa shape index (κ2) is 6.31. The molecule has 3 heteroatoms. The van der Waals surface area contributed by atoms with E-state index in [1.165, 1.54) is 49.1 Å². The monoisotopic (exact) mass is 300 g/mol. The Kier molecular flexibility index (Phi) is 4.42. The van der Waals surface area contributed by atoms with Gasteiger partial charge in [-0.3, -0.25) is 4.79 Å². The van der Waals surface area contributed by atoms with E-state index in [4.69, 9.17) is 0 Å². The van der Waals surface area contributed by atoms with Crippen LogP contribution in [0.25, 0.3) is 6.08 Å². The van der Waals surface area contributed by atoms with Gasteiger partial charge < -0.3 is 9.88 Å². The molecule has 3 nitrogen and oxygen atoms in total. The molecule has 2 aliphatic rings. The lowest BCUT2D eigenvalue weighted by molar-refractivity contribution is -0.117. The van der Waals surface area contributed by atoms with Gasteiger partial charge in [-0.2, -0.15) is 0 Å². The van der Waals surface area contributed by atoms with Crippen molar-refractivity contribution >= 4 is 12.0 Å². The molecule has 22 heavy (non-hydrogen) atoms. The summed E-state index contributed by atoms with van der Waals surface area (Å²) in [5.74, 6) is 0.654. The Bertz CT molecular complexity index is 581. The van der Waals surface area contributed by atoms with Crippen LogP contribution in [0.5, 0.6) is 0 Å². The minimum Gasteiger partial charge on any atom is -0.350 e. The van der Waals surface area contributed by atoms with Crippen LogP contribution in [0, 0.1) is 19.8 Å². The van der Waals surface area contributed by atoms with Gasteiger partial charge in [-0.15, -0.1) is 0 Å². The van der Waals surface area contributed by atoms with Crippen LogP contribution in [0.15, 0.2) is 12.1 Å². The van der Waals surface area contributed by atoms with Gasteiger partial charge in [0, 0.05) is 29.5 Å². The topological polar surface area (TPSA) is 34.0 Å². The second-order valence-electron chi connectivity index (χ2n) is 7.14. The molecule has 0 unspecified atom stereocenters. The molecule has 2 atom stereocenters. The van der Waals surface area contributed by atoms with E-state index >= 15 is 0 Å². The largest absolute Gasteiger partial charge is 0.350 e. The standard InChI is InChI=1S/C19H28N2O/c1-13-6-4-5-7-18(13)20-19(22)11-8-16-12-14(2)21(15(16)3)17-9-10-17/h8,11-13,17-18H,4-7,9-10H2,1-3H3,(H,20,22)/b11-8+/t13-,18-/m0/s1. The summed E-state index contributed by atoms with van der Waals surface area (Å²) >= 11 is 0. The number of carbonyl (C=O) groups is 1. The maximum Gasteiger partial charge on any atom is 0.244 e. The normalized spacial score (nSPS) is 25.6. The number of hydrogen-bond acceptors (Lipinski definition) is 1. The molecule has 0 saturated heterocycles. The maximum atomic E-state index is 12.2. The molecule has 120 valence electrons. The van der Waals surface area contributed by atoms with E-state index in [-0.39, 0.29) is 5.91 Å². The predicted molar refractivity (Wildman–Crippen MR) is 90.8 cm³/mol. The summed E-state index contributed by atoms with van der Waals surface area (Å²) in [4.78, 5) is 12.2. The molecule has 2 saturated carbocycles. The zero-order chi connectivity index (χ0) is 15.7. The third-order valence-electron chi connectivity index (χ3n) is 5.29. The highest BCUT2D eigenvalue weighted by Gasteiger charge is 2.26. The molecule has 0 bridgehead atoms. The van der Waals surface area contributed by atoms with Gasteiger partial charge in [0.2, 0.25) is 5.91 Å². The first-order valence-corrected chi connectivity index (χ1v) is 8.73. The average Bonchev–Trinajstić information content (AvgIpc) is 3.26. The van der Waals surface area contributed by atoms with Crippen LogP contribution >= 0.6 is 0 Å². The number of carbonyl (C=O) groups excluding carboxylic acids is 1. The number of aryl methyl sites for hydroxylation is 1. The minimum absolute atomic E-state index is 0.0509. The molecule has 0 radical (unpaired) electrons. The van der Waals surface area contributed by atoms with Crippen LogP contribution in [0.2, 0.25) is 0 Å². The van der Waals surface area contributed by atoms with Crippen molar-refractivity contribution in [3.63, 3.8) is 0 Å². The number of nitrogens with one attached hydrogen (secondary N) is 1. The fraction of sp³-hybridized carbons (Fsp3) is 0.632. The summed E-state index contributed by atoms with van der Waals surface area (Å²) in [7, 11) is 0. The Morgan fingerprint density at radius 3 is 2.64 bits per heavy atom. The number of amides is 1. The second-order valence-corrected chi connectivity index (χ2v) is 7.14. The molecule has 1 heterocycles. The third kappa shape index (κ3) is 3.29. The molecule has 1 N–H and O–H groups in total. The van der Waals surface area contributed by atoms with E-state index in [1.807, 2.05) is 6.08 Å². The first-order chi connectivity index (χ1) is 10.6. The van der Waals surface area contributed by atoms with Gasteiger partial charge >= 0.3 is 0 Å². The zero-order valence-corrected chi connectivity index (χ0v) is 14.1. The number of hydrogen-bond donors (Lipinski definition) is 1. The Morgan fingerprint density at radius 1 is 1.23 bits per heavy atom. The van der Waals surface area contributed by atoms with Gasteiger partial charge in [0.05, 0.1) is 0 Å². The predicted octanol–water partition coefficient (Wildman–Crippen LogP) is 4.15. The molecule has 2 fully saturated rings. The van der Waals surface area contributed by atoms with Crippen molar-refractivity contribution in [2.45, 2.75) is 71.4 Å². The van der Waals surface area contributed by atoms with E-state index in [9.17, 15) is 4.79 Å². The highest BCUT2D eigenvalue weighted by atomic mass is 16.1. The molecular formula is C19H28N2O. The van der Waals surface area contributed by atoms with Gasteiger partial charge in [0.1, 0.15) is 0 Å². The van der Waals surface area contributed by atoms with E-state index in [0.29, 0.717) is 18.0 Å². The smallest absolute Gasteiger partial charge is 0.244 e. The lowest BCUT2D eigenvalue weighted by atomic mass is 9.86. The van der Waals surface area contributed by atoms with Gasteiger partial charge in [-0.1, -0.05) is 19.8 Å². The molecular weight excluding hydrogens is 272 g/mol. The van der Waals surface area contributed by atoms with Crippen LogP contribution in [0.3, 0.4) is 0 Å². The van der Waals surface area contributed by atoms with Gasteiger partial charge in [0.15, 0.2) is 0 Å². The fourth-order valence-electron chi connectivity index (χ4n) is 3.79. The molecule has 1 amide bonds. The maximum absolute atomic E-state index is 12.2. The SMILES string of the molecule is Cc1cc(/C=C/C(=O)N[C@H]2CCCC[C@@H]2C)c(C)n1C1CC1. The van der Waals surface area contributed by atoms with Crippen molar-refractivity contribution in [2.24, 2.45) is 5.92 Å². The van der Waals surface area contributed by atoms with Crippen molar-refractivity contribution < 1.29 is 4.79 Å². The summed E-state index contributed by atoms with van der Waals surface area (Å²) in [6.07, 6.45) is 11.2. The van der Waals surface area contributed by atoms with Crippen LogP contribution in [-0.2, 0) is 4.79 Å². The van der Waals surface area contributed by atoms with Gasteiger partial charge in [0.25, 0.3) is 0 Å². The van der Waals surface area contributed by atoms with Gasteiger partial charge in [-0.05, 0) is 63.2 Å². The van der Waals surface area contributed by atoms with E-state index < -0.39 is 0 Å². The van der Waals surface area contributed by atoms with Crippen LogP contribution in [0.1, 0.15) is 68.4 Å². The highest BCUT2D eigenvalue weighted by Crippen LogP contribution is 2.38. The Hall–Kier alpha value is -1.51. The molecule has 3 rings (SSSR count). The lowest BCUT2D eigenvalue weighted by Crippen LogP contribution is -2.40. The average molecular weight is 300 g/mol. The summed E-state index contributed by atoms with van der Waals surface area (Å²) in [5, 5.41) is 3.18. The lowest BCUT2D eigenvalue weighted by Gasteiger charge is -2.29. The number of aromatic nitrogens is 1. The highest BCUT2D eigenvalue weighted by molar-refractivity contribution is 5.92. The summed E-state index contributed by atoms with van der Waals surface area (Å²) < 4.78 is 2.42. The Labute approximate surface area is 133 Å². The van der Waals surface area contributed by atoms with Crippen LogP contribution in [0.4, 0.5) is 0 Å². The first-order valence-electron chi connectivity index (χ1n) is 8.73. The van der Waals surface area contributed by atoms with Crippen molar-refractivity contribution in [1.29, 1.82) is 0 Å². The van der Waals surface area contributed by atoms with Crippen molar-refractivity contribution in [1.82, 2.24) is 9.88 Å². The van der Waals surface area contributed by atoms with E-state index in [2.05, 4.69) is 36.7 Å². The molecule has 2 aliphatic carbocycles. The summed E-state index contributed by atoms with van der Waals surface area (Å²) in [5.41, 5.74) is 3.77. The van der Waals surface area contributed by atoms with Crippen LogP contribution < -0.4 is 5.32 Å². The van der Waals surface area contributed by atoms with Gasteiger partial charge in [-0.25, -0.2) is 0 Å².